The summed E-state index contributed by atoms with van der Waals surface area (Å²) < 4.78 is 5.13. The minimum Gasteiger partial charge on any atom is -0.440 e. The van der Waals surface area contributed by atoms with Crippen LogP contribution in [0.25, 0.3) is 0 Å². The van der Waals surface area contributed by atoms with Crippen LogP contribution in [0.4, 0.5) is 5.69 Å². The lowest BCUT2D eigenvalue weighted by Crippen LogP contribution is -2.04. The van der Waals surface area contributed by atoms with Crippen LogP contribution >= 0.6 is 11.8 Å². The van der Waals surface area contributed by atoms with Gasteiger partial charge in [0.25, 0.3) is 5.22 Å². The minimum atomic E-state index is 0.728. The number of nitrogens with zero attached hydrogens (tertiary/aromatic N) is 1. The van der Waals surface area contributed by atoms with E-state index >= 15 is 0 Å². The molecule has 0 saturated carbocycles. The second-order valence-corrected chi connectivity index (χ2v) is 4.43. The molecule has 0 radical (unpaired) electrons. The first kappa shape index (κ1) is 11.1. The number of para-hydroxylation sites is 1. The van der Waals surface area contributed by atoms with E-state index in [9.17, 15) is 0 Å². The number of hydrogen-bond donors (Lipinski definition) is 1. The summed E-state index contributed by atoms with van der Waals surface area (Å²) in [4.78, 5) is 4.05. The standard InChI is InChI=1S/C12H14N2OS/c1-10-4-2-3-5-11(10)13-7-9-16-12-14-6-8-15-12/h2-6,8,13H,7,9H2,1H3. The molecule has 2 rings (SSSR count). The Labute approximate surface area is 99.3 Å². The molecule has 1 heterocycles. The first-order chi connectivity index (χ1) is 7.86. The Hall–Kier alpha value is -1.42. The number of hydrogen-bond acceptors (Lipinski definition) is 4. The topological polar surface area (TPSA) is 38.1 Å². The first-order valence-corrected chi connectivity index (χ1v) is 6.16. The van der Waals surface area contributed by atoms with Gasteiger partial charge in [-0.3, -0.25) is 0 Å². The Bertz CT molecular complexity index is 428. The van der Waals surface area contributed by atoms with E-state index < -0.39 is 0 Å². The van der Waals surface area contributed by atoms with E-state index in [1.807, 2.05) is 12.1 Å². The van der Waals surface area contributed by atoms with Crippen LogP contribution < -0.4 is 5.32 Å². The monoisotopic (exact) mass is 234 g/mol. The molecule has 16 heavy (non-hydrogen) atoms. The van der Waals surface area contributed by atoms with Crippen molar-refractivity contribution in [1.82, 2.24) is 4.98 Å². The van der Waals surface area contributed by atoms with Gasteiger partial charge < -0.3 is 9.73 Å². The maximum Gasteiger partial charge on any atom is 0.255 e. The highest BCUT2D eigenvalue weighted by molar-refractivity contribution is 7.99. The first-order valence-electron chi connectivity index (χ1n) is 5.18. The Morgan fingerprint density at radius 3 is 3.00 bits per heavy atom. The molecule has 1 aromatic carbocycles. The van der Waals surface area contributed by atoms with Crippen molar-refractivity contribution in [1.29, 1.82) is 0 Å². The summed E-state index contributed by atoms with van der Waals surface area (Å²) in [5.74, 6) is 0.939. The van der Waals surface area contributed by atoms with E-state index in [0.29, 0.717) is 0 Å². The summed E-state index contributed by atoms with van der Waals surface area (Å²) >= 11 is 1.61. The van der Waals surface area contributed by atoms with Gasteiger partial charge in [-0.2, -0.15) is 0 Å². The summed E-state index contributed by atoms with van der Waals surface area (Å²) in [6, 6.07) is 8.27. The molecular formula is C12H14N2OS. The SMILES string of the molecule is Cc1ccccc1NCCSc1ncco1. The van der Waals surface area contributed by atoms with Crippen LogP contribution in [0.1, 0.15) is 5.56 Å². The fraction of sp³-hybridized carbons (Fsp3) is 0.250. The van der Waals surface area contributed by atoms with Crippen molar-refractivity contribution in [2.75, 3.05) is 17.6 Å². The largest absolute Gasteiger partial charge is 0.440 e. The molecule has 0 fully saturated rings. The quantitative estimate of drug-likeness (QED) is 0.637. The molecule has 0 unspecified atom stereocenters. The fourth-order valence-corrected chi connectivity index (χ4v) is 2.01. The van der Waals surface area contributed by atoms with Gasteiger partial charge >= 0.3 is 0 Å². The van der Waals surface area contributed by atoms with Crippen LogP contribution in [0, 0.1) is 6.92 Å². The van der Waals surface area contributed by atoms with Gasteiger partial charge in [-0.25, -0.2) is 4.98 Å². The van der Waals surface area contributed by atoms with Crippen molar-refractivity contribution in [3.8, 4) is 0 Å². The number of thioether (sulfide) groups is 1. The molecule has 4 heteroatoms. The van der Waals surface area contributed by atoms with Gasteiger partial charge in [0.2, 0.25) is 0 Å². The zero-order chi connectivity index (χ0) is 11.2. The second-order valence-electron chi connectivity index (χ2n) is 3.39. The Morgan fingerprint density at radius 1 is 1.38 bits per heavy atom. The highest BCUT2D eigenvalue weighted by Gasteiger charge is 1.98. The van der Waals surface area contributed by atoms with Gasteiger partial charge in [0.15, 0.2) is 0 Å². The zero-order valence-corrected chi connectivity index (χ0v) is 9.96. The normalized spacial score (nSPS) is 10.3. The average molecular weight is 234 g/mol. The molecule has 0 atom stereocenters. The Morgan fingerprint density at radius 2 is 2.25 bits per heavy atom. The number of aromatic nitrogens is 1. The molecule has 0 amide bonds. The van der Waals surface area contributed by atoms with Gasteiger partial charge in [0.1, 0.15) is 6.26 Å². The Kier molecular flexibility index (Phi) is 3.88. The Balaban J connectivity index is 1.74. The second kappa shape index (κ2) is 5.61. The van der Waals surface area contributed by atoms with E-state index in [-0.39, 0.29) is 0 Å². The van der Waals surface area contributed by atoms with E-state index in [4.69, 9.17) is 4.42 Å². The lowest BCUT2D eigenvalue weighted by Gasteiger charge is -2.07. The van der Waals surface area contributed by atoms with Gasteiger partial charge in [0, 0.05) is 18.0 Å². The zero-order valence-electron chi connectivity index (χ0n) is 9.14. The molecule has 84 valence electrons. The molecule has 2 aromatic rings. The van der Waals surface area contributed by atoms with E-state index in [2.05, 4.69) is 29.4 Å². The highest BCUT2D eigenvalue weighted by Crippen LogP contribution is 2.16. The number of anilines is 1. The maximum absolute atomic E-state index is 5.13. The predicted molar refractivity (Wildman–Crippen MR) is 66.9 cm³/mol. The molecule has 0 saturated heterocycles. The van der Waals surface area contributed by atoms with E-state index in [1.54, 1.807) is 24.2 Å². The summed E-state index contributed by atoms with van der Waals surface area (Å²) in [5.41, 5.74) is 2.46. The number of rotatable bonds is 5. The molecule has 1 aromatic heterocycles. The maximum atomic E-state index is 5.13. The smallest absolute Gasteiger partial charge is 0.255 e. The van der Waals surface area contributed by atoms with Crippen molar-refractivity contribution in [3.05, 3.63) is 42.3 Å². The number of oxazole rings is 1. The molecular weight excluding hydrogens is 220 g/mol. The third kappa shape index (κ3) is 3.03. The van der Waals surface area contributed by atoms with Crippen LogP contribution in [0.5, 0.6) is 0 Å². The molecule has 0 bridgehead atoms. The van der Waals surface area contributed by atoms with Crippen molar-refractivity contribution >= 4 is 17.4 Å². The summed E-state index contributed by atoms with van der Waals surface area (Å²) in [5, 5.41) is 4.11. The molecule has 0 aliphatic rings. The van der Waals surface area contributed by atoms with Gasteiger partial charge in [0.05, 0.1) is 6.20 Å². The summed E-state index contributed by atoms with van der Waals surface area (Å²) in [6.07, 6.45) is 3.26. The minimum absolute atomic E-state index is 0.728. The van der Waals surface area contributed by atoms with Crippen molar-refractivity contribution in [2.24, 2.45) is 0 Å². The van der Waals surface area contributed by atoms with Gasteiger partial charge in [-0.15, -0.1) is 0 Å². The fourth-order valence-electron chi connectivity index (χ4n) is 1.38. The van der Waals surface area contributed by atoms with Crippen molar-refractivity contribution < 1.29 is 4.42 Å². The molecule has 0 aliphatic carbocycles. The van der Waals surface area contributed by atoms with Crippen LogP contribution in [0.2, 0.25) is 0 Å². The molecule has 0 spiro atoms. The van der Waals surface area contributed by atoms with Crippen LogP contribution in [0.3, 0.4) is 0 Å². The molecule has 0 aliphatic heterocycles. The lowest BCUT2D eigenvalue weighted by atomic mass is 10.2. The third-order valence-corrected chi connectivity index (χ3v) is 3.05. The van der Waals surface area contributed by atoms with Gasteiger partial charge in [-0.05, 0) is 18.6 Å². The predicted octanol–water partition coefficient (Wildman–Crippen LogP) is 3.19. The van der Waals surface area contributed by atoms with Crippen LogP contribution in [-0.4, -0.2) is 17.3 Å². The molecule has 3 nitrogen and oxygen atoms in total. The lowest BCUT2D eigenvalue weighted by molar-refractivity contribution is 0.454. The highest BCUT2D eigenvalue weighted by atomic mass is 32.2. The molecule has 1 N–H and O–H groups in total. The number of benzene rings is 1. The summed E-state index contributed by atoms with van der Waals surface area (Å²) in [6.45, 7) is 3.00. The van der Waals surface area contributed by atoms with E-state index in [1.165, 1.54) is 11.3 Å². The van der Waals surface area contributed by atoms with Gasteiger partial charge in [-0.1, -0.05) is 30.0 Å². The average Bonchev–Trinajstić information content (AvgIpc) is 2.79. The summed E-state index contributed by atoms with van der Waals surface area (Å²) in [7, 11) is 0. The number of nitrogens with one attached hydrogen (secondary N) is 1. The third-order valence-electron chi connectivity index (χ3n) is 2.20. The van der Waals surface area contributed by atoms with Crippen molar-refractivity contribution in [2.45, 2.75) is 12.1 Å². The van der Waals surface area contributed by atoms with E-state index in [0.717, 1.165) is 17.5 Å². The van der Waals surface area contributed by atoms with Crippen LogP contribution in [-0.2, 0) is 0 Å². The van der Waals surface area contributed by atoms with Crippen molar-refractivity contribution in [3.63, 3.8) is 0 Å². The van der Waals surface area contributed by atoms with Crippen LogP contribution in [0.15, 0.2) is 46.4 Å². The number of aryl methyl sites for hydroxylation is 1.